The Labute approximate surface area is 121 Å². The molecule has 3 heteroatoms. The fourth-order valence-corrected chi connectivity index (χ4v) is 3.13. The van der Waals surface area contributed by atoms with E-state index in [-0.39, 0.29) is 0 Å². The van der Waals surface area contributed by atoms with E-state index in [1.165, 1.54) is 37.7 Å². The lowest BCUT2D eigenvalue weighted by atomic mass is 9.98. The maximum Gasteiger partial charge on any atom is 0.128 e. The van der Waals surface area contributed by atoms with Gasteiger partial charge in [-0.25, -0.2) is 0 Å². The van der Waals surface area contributed by atoms with Crippen molar-refractivity contribution in [2.24, 2.45) is 0 Å². The molecule has 0 aromatic heterocycles. The molecule has 0 spiro atoms. The van der Waals surface area contributed by atoms with Crippen LogP contribution in [0.5, 0.6) is 11.5 Å². The van der Waals surface area contributed by atoms with Crippen molar-refractivity contribution >= 4 is 0 Å². The summed E-state index contributed by atoms with van der Waals surface area (Å²) in [7, 11) is 0. The minimum Gasteiger partial charge on any atom is -0.491 e. The molecular formula is C17H25NO2. The molecule has 0 radical (unpaired) electrons. The van der Waals surface area contributed by atoms with E-state index < -0.39 is 0 Å². The summed E-state index contributed by atoms with van der Waals surface area (Å²) in [5.74, 6) is 1.96. The summed E-state index contributed by atoms with van der Waals surface area (Å²) in [6.45, 7) is 3.96. The summed E-state index contributed by atoms with van der Waals surface area (Å²) in [6.07, 6.45) is 7.89. The van der Waals surface area contributed by atoms with Gasteiger partial charge in [0.2, 0.25) is 0 Å². The average Bonchev–Trinajstić information content (AvgIpc) is 2.88. The van der Waals surface area contributed by atoms with Gasteiger partial charge in [0, 0.05) is 11.6 Å². The first-order valence-electron chi connectivity index (χ1n) is 8.03. The zero-order chi connectivity index (χ0) is 13.8. The summed E-state index contributed by atoms with van der Waals surface area (Å²) >= 11 is 0. The van der Waals surface area contributed by atoms with Crippen molar-refractivity contribution in [3.8, 4) is 11.5 Å². The number of fused-ring (bicyclic) bond motifs is 1. The van der Waals surface area contributed by atoms with Crippen LogP contribution in [0.1, 0.15) is 57.1 Å². The van der Waals surface area contributed by atoms with Crippen molar-refractivity contribution in [2.45, 2.75) is 57.6 Å². The predicted molar refractivity (Wildman–Crippen MR) is 80.5 cm³/mol. The minimum atomic E-state index is 0.341. The van der Waals surface area contributed by atoms with E-state index >= 15 is 0 Å². The van der Waals surface area contributed by atoms with E-state index in [1.54, 1.807) is 0 Å². The van der Waals surface area contributed by atoms with Crippen LogP contribution in [-0.2, 0) is 0 Å². The van der Waals surface area contributed by atoms with Crippen LogP contribution in [0.3, 0.4) is 0 Å². The largest absolute Gasteiger partial charge is 0.491 e. The Bertz CT molecular complexity index is 441. The first kappa shape index (κ1) is 13.7. The number of ether oxygens (including phenoxy) is 2. The molecule has 0 amide bonds. The molecule has 1 aliphatic carbocycles. The Balaban J connectivity index is 1.64. The third kappa shape index (κ3) is 3.09. The van der Waals surface area contributed by atoms with E-state index in [0.717, 1.165) is 31.1 Å². The molecule has 3 rings (SSSR count). The van der Waals surface area contributed by atoms with E-state index in [0.29, 0.717) is 12.1 Å². The van der Waals surface area contributed by atoms with Crippen LogP contribution in [0.4, 0.5) is 0 Å². The summed E-state index contributed by atoms with van der Waals surface area (Å²) in [5, 5.41) is 3.52. The van der Waals surface area contributed by atoms with E-state index in [9.17, 15) is 0 Å². The zero-order valence-electron chi connectivity index (χ0n) is 12.4. The van der Waals surface area contributed by atoms with Gasteiger partial charge in [0.1, 0.15) is 18.1 Å². The lowest BCUT2D eigenvalue weighted by Crippen LogP contribution is -2.23. The van der Waals surface area contributed by atoms with Crippen molar-refractivity contribution in [1.82, 2.24) is 5.32 Å². The van der Waals surface area contributed by atoms with Gasteiger partial charge in [-0.15, -0.1) is 0 Å². The molecule has 1 aromatic carbocycles. The second kappa shape index (κ2) is 6.49. The first-order valence-corrected chi connectivity index (χ1v) is 8.03. The number of hydrogen-bond acceptors (Lipinski definition) is 3. The standard InChI is InChI=1S/C17H25NO2/c1-2-10-18-16-12-19-17-11-14(8-9-15(16)17)20-13-6-4-3-5-7-13/h8-9,11,13,16,18H,2-7,10,12H2,1H3. The van der Waals surface area contributed by atoms with Gasteiger partial charge in [-0.1, -0.05) is 13.3 Å². The Hall–Kier alpha value is -1.22. The molecule has 1 N–H and O–H groups in total. The zero-order valence-corrected chi connectivity index (χ0v) is 12.4. The second-order valence-electron chi connectivity index (χ2n) is 5.90. The van der Waals surface area contributed by atoms with Gasteiger partial charge in [0.05, 0.1) is 12.1 Å². The quantitative estimate of drug-likeness (QED) is 0.886. The Kier molecular flexibility index (Phi) is 4.46. The van der Waals surface area contributed by atoms with Crippen molar-refractivity contribution in [1.29, 1.82) is 0 Å². The van der Waals surface area contributed by atoms with E-state index in [4.69, 9.17) is 9.47 Å². The minimum absolute atomic E-state index is 0.341. The lowest BCUT2D eigenvalue weighted by molar-refractivity contribution is 0.154. The number of hydrogen-bond donors (Lipinski definition) is 1. The SMILES string of the molecule is CCCNC1COc2cc(OC3CCCCC3)ccc21. The Morgan fingerprint density at radius 3 is 2.90 bits per heavy atom. The van der Waals surface area contributed by atoms with Gasteiger partial charge in [0.15, 0.2) is 0 Å². The molecule has 1 aromatic rings. The van der Waals surface area contributed by atoms with Crippen LogP contribution in [-0.4, -0.2) is 19.3 Å². The third-order valence-corrected chi connectivity index (χ3v) is 4.26. The van der Waals surface area contributed by atoms with Crippen LogP contribution >= 0.6 is 0 Å². The predicted octanol–water partition coefficient (Wildman–Crippen LogP) is 3.83. The highest BCUT2D eigenvalue weighted by Crippen LogP contribution is 2.36. The molecule has 1 saturated carbocycles. The second-order valence-corrected chi connectivity index (χ2v) is 5.90. The van der Waals surface area contributed by atoms with Crippen LogP contribution < -0.4 is 14.8 Å². The molecule has 1 unspecified atom stereocenters. The molecule has 1 aliphatic heterocycles. The molecule has 0 bridgehead atoms. The summed E-state index contributed by atoms with van der Waals surface area (Å²) in [5.41, 5.74) is 1.27. The van der Waals surface area contributed by atoms with Crippen LogP contribution in [0.25, 0.3) is 0 Å². The van der Waals surface area contributed by atoms with E-state index in [1.807, 2.05) is 0 Å². The summed E-state index contributed by atoms with van der Waals surface area (Å²) in [6, 6.07) is 6.67. The molecular weight excluding hydrogens is 250 g/mol. The first-order chi connectivity index (χ1) is 9.86. The fraction of sp³-hybridized carbons (Fsp3) is 0.647. The average molecular weight is 275 g/mol. The monoisotopic (exact) mass is 275 g/mol. The topological polar surface area (TPSA) is 30.5 Å². The number of rotatable bonds is 5. The fourth-order valence-electron chi connectivity index (χ4n) is 3.13. The molecule has 1 heterocycles. The van der Waals surface area contributed by atoms with Crippen molar-refractivity contribution in [3.05, 3.63) is 23.8 Å². The smallest absolute Gasteiger partial charge is 0.128 e. The van der Waals surface area contributed by atoms with Crippen LogP contribution in [0.2, 0.25) is 0 Å². The van der Waals surface area contributed by atoms with Crippen molar-refractivity contribution < 1.29 is 9.47 Å². The molecule has 1 atom stereocenters. The maximum absolute atomic E-state index is 6.10. The molecule has 0 saturated heterocycles. The van der Waals surface area contributed by atoms with Crippen LogP contribution in [0.15, 0.2) is 18.2 Å². The third-order valence-electron chi connectivity index (χ3n) is 4.26. The van der Waals surface area contributed by atoms with Crippen LogP contribution in [0, 0.1) is 0 Å². The molecule has 20 heavy (non-hydrogen) atoms. The van der Waals surface area contributed by atoms with E-state index in [2.05, 4.69) is 30.4 Å². The van der Waals surface area contributed by atoms with Gasteiger partial charge < -0.3 is 14.8 Å². The Morgan fingerprint density at radius 2 is 2.10 bits per heavy atom. The van der Waals surface area contributed by atoms with Crippen molar-refractivity contribution in [3.63, 3.8) is 0 Å². The lowest BCUT2D eigenvalue weighted by Gasteiger charge is -2.23. The van der Waals surface area contributed by atoms with Gasteiger partial charge in [0.25, 0.3) is 0 Å². The highest BCUT2D eigenvalue weighted by Gasteiger charge is 2.24. The molecule has 1 fully saturated rings. The van der Waals surface area contributed by atoms with Gasteiger partial charge in [-0.2, -0.15) is 0 Å². The maximum atomic E-state index is 6.10. The number of nitrogens with one attached hydrogen (secondary N) is 1. The Morgan fingerprint density at radius 1 is 1.25 bits per heavy atom. The molecule has 3 nitrogen and oxygen atoms in total. The number of benzene rings is 1. The highest BCUT2D eigenvalue weighted by molar-refractivity contribution is 5.45. The van der Waals surface area contributed by atoms with Crippen molar-refractivity contribution in [2.75, 3.05) is 13.2 Å². The molecule has 2 aliphatic rings. The summed E-state index contributed by atoms with van der Waals surface area (Å²) < 4.78 is 11.9. The summed E-state index contributed by atoms with van der Waals surface area (Å²) in [4.78, 5) is 0. The molecule has 110 valence electrons. The normalized spacial score (nSPS) is 22.4. The van der Waals surface area contributed by atoms with Gasteiger partial charge in [-0.05, 0) is 50.8 Å². The van der Waals surface area contributed by atoms with Gasteiger partial charge >= 0.3 is 0 Å². The van der Waals surface area contributed by atoms with Gasteiger partial charge in [-0.3, -0.25) is 0 Å². The highest BCUT2D eigenvalue weighted by atomic mass is 16.5.